The Morgan fingerprint density at radius 3 is 1.88 bits per heavy atom. The van der Waals surface area contributed by atoms with Crippen molar-refractivity contribution in [3.05, 3.63) is 0 Å². The van der Waals surface area contributed by atoms with Crippen LogP contribution in [-0.2, 0) is 33.4 Å². The molecule has 0 radical (unpaired) electrons. The van der Waals surface area contributed by atoms with E-state index in [-0.39, 0.29) is 25.7 Å². The second kappa shape index (κ2) is 8.82. The Kier molecular flexibility index (Phi) is 7.38. The maximum atomic E-state index is 12.7. The van der Waals surface area contributed by atoms with Crippen molar-refractivity contribution in [2.24, 2.45) is 17.8 Å². The monoisotopic (exact) mass is 357 g/mol. The van der Waals surface area contributed by atoms with Crippen LogP contribution in [0.4, 0.5) is 0 Å². The van der Waals surface area contributed by atoms with E-state index in [4.69, 9.17) is 14.2 Å². The largest absolute Gasteiger partial charge is 0.465 e. The minimum Gasteiger partial charge on any atom is -0.465 e. The molecule has 1 rings (SSSR count). The molecule has 0 aromatic carbocycles. The van der Waals surface area contributed by atoms with Crippen LogP contribution in [0, 0.1) is 17.8 Å². The zero-order valence-corrected chi connectivity index (χ0v) is 15.4. The molecule has 8 heteroatoms. The van der Waals surface area contributed by atoms with Crippen molar-refractivity contribution in [2.45, 2.75) is 46.6 Å². The summed E-state index contributed by atoms with van der Waals surface area (Å²) in [5.74, 6) is -5.88. The number of carbonyl (C=O) groups is 4. The SMILES string of the molecule is CCOC(=O)[C@@H]1C(=O)NC(C(=O)OCC)(C(=O)OCC)[C@@H]1[C@@H](C)CC. The van der Waals surface area contributed by atoms with Crippen LogP contribution in [0.5, 0.6) is 0 Å². The Bertz CT molecular complexity index is 513. The van der Waals surface area contributed by atoms with E-state index >= 15 is 0 Å². The van der Waals surface area contributed by atoms with Gasteiger partial charge in [0.15, 0.2) is 0 Å². The van der Waals surface area contributed by atoms with E-state index in [2.05, 4.69) is 5.32 Å². The molecule has 0 saturated carbocycles. The second-order valence-electron chi connectivity index (χ2n) is 5.88. The van der Waals surface area contributed by atoms with Crippen molar-refractivity contribution in [2.75, 3.05) is 19.8 Å². The smallest absolute Gasteiger partial charge is 0.344 e. The number of carbonyl (C=O) groups excluding carboxylic acids is 4. The lowest BCUT2D eigenvalue weighted by atomic mass is 9.71. The van der Waals surface area contributed by atoms with E-state index < -0.39 is 41.2 Å². The molecule has 0 spiro atoms. The first kappa shape index (κ1) is 20.9. The topological polar surface area (TPSA) is 108 Å². The van der Waals surface area contributed by atoms with Crippen LogP contribution in [0.25, 0.3) is 0 Å². The zero-order chi connectivity index (χ0) is 19.2. The molecular weight excluding hydrogens is 330 g/mol. The van der Waals surface area contributed by atoms with Gasteiger partial charge in [0, 0.05) is 5.92 Å². The van der Waals surface area contributed by atoms with Gasteiger partial charge in [-0.15, -0.1) is 0 Å². The molecule has 1 heterocycles. The molecule has 1 amide bonds. The molecule has 0 aromatic rings. The minimum atomic E-state index is -2.05. The average Bonchev–Trinajstić information content (AvgIpc) is 2.89. The number of amides is 1. The van der Waals surface area contributed by atoms with Crippen molar-refractivity contribution < 1.29 is 33.4 Å². The summed E-state index contributed by atoms with van der Waals surface area (Å²) in [4.78, 5) is 50.3. The van der Waals surface area contributed by atoms with Gasteiger partial charge in [0.25, 0.3) is 0 Å². The summed E-state index contributed by atoms with van der Waals surface area (Å²) in [7, 11) is 0. The first-order chi connectivity index (χ1) is 11.8. The maximum absolute atomic E-state index is 12.7. The molecule has 0 bridgehead atoms. The Morgan fingerprint density at radius 1 is 1.00 bits per heavy atom. The lowest BCUT2D eigenvalue weighted by Crippen LogP contribution is -2.62. The molecule has 1 fully saturated rings. The minimum absolute atomic E-state index is 0.0210. The van der Waals surface area contributed by atoms with Gasteiger partial charge in [0.05, 0.1) is 19.8 Å². The highest BCUT2D eigenvalue weighted by Crippen LogP contribution is 2.41. The van der Waals surface area contributed by atoms with Gasteiger partial charge in [-0.1, -0.05) is 20.3 Å². The summed E-state index contributed by atoms with van der Waals surface area (Å²) < 4.78 is 15.1. The normalized spacial score (nSPS) is 22.7. The van der Waals surface area contributed by atoms with Crippen molar-refractivity contribution in [3.8, 4) is 0 Å². The molecule has 1 saturated heterocycles. The van der Waals surface area contributed by atoms with Crippen LogP contribution in [0.1, 0.15) is 41.0 Å². The van der Waals surface area contributed by atoms with E-state index in [0.29, 0.717) is 6.42 Å². The molecular formula is C17H27NO7. The summed E-state index contributed by atoms with van der Waals surface area (Å²) in [6.45, 7) is 8.54. The van der Waals surface area contributed by atoms with E-state index in [1.807, 2.05) is 6.92 Å². The Balaban J connectivity index is 3.50. The van der Waals surface area contributed by atoms with E-state index in [1.165, 1.54) is 0 Å². The first-order valence-electron chi connectivity index (χ1n) is 8.64. The summed E-state index contributed by atoms with van der Waals surface area (Å²) in [5, 5.41) is 2.40. The third-order valence-corrected chi connectivity index (χ3v) is 4.45. The van der Waals surface area contributed by atoms with Crippen LogP contribution in [0.2, 0.25) is 0 Å². The molecule has 25 heavy (non-hydrogen) atoms. The lowest BCUT2D eigenvalue weighted by Gasteiger charge is -2.34. The highest BCUT2D eigenvalue weighted by atomic mass is 16.6. The van der Waals surface area contributed by atoms with Gasteiger partial charge < -0.3 is 19.5 Å². The van der Waals surface area contributed by atoms with Crippen LogP contribution >= 0.6 is 0 Å². The zero-order valence-electron chi connectivity index (χ0n) is 15.4. The Hall–Kier alpha value is -2.12. The van der Waals surface area contributed by atoms with E-state index in [9.17, 15) is 19.2 Å². The predicted octanol–water partition coefficient (Wildman–Crippen LogP) is 0.823. The Labute approximate surface area is 147 Å². The number of rotatable bonds is 8. The molecule has 1 N–H and O–H groups in total. The Morgan fingerprint density at radius 2 is 1.48 bits per heavy atom. The van der Waals surface area contributed by atoms with Crippen molar-refractivity contribution in [1.29, 1.82) is 0 Å². The summed E-state index contributed by atoms with van der Waals surface area (Å²) in [5.41, 5.74) is -2.05. The van der Waals surface area contributed by atoms with Crippen molar-refractivity contribution >= 4 is 23.8 Å². The molecule has 0 aliphatic carbocycles. The van der Waals surface area contributed by atoms with Crippen molar-refractivity contribution in [3.63, 3.8) is 0 Å². The van der Waals surface area contributed by atoms with Crippen LogP contribution in [-0.4, -0.2) is 49.2 Å². The lowest BCUT2D eigenvalue weighted by molar-refractivity contribution is -0.170. The standard InChI is InChI=1S/C17H27NO7/c1-6-10(5)12-11(14(20)23-7-2)13(19)18-17(12,15(21)24-8-3)16(22)25-9-4/h10-12H,6-9H2,1-5H3,(H,18,19)/t10-,11-,12+/m0/s1. The third-order valence-electron chi connectivity index (χ3n) is 4.45. The predicted molar refractivity (Wildman–Crippen MR) is 87.2 cm³/mol. The fraction of sp³-hybridized carbons (Fsp3) is 0.765. The molecule has 1 aliphatic rings. The van der Waals surface area contributed by atoms with Gasteiger partial charge in [0.2, 0.25) is 11.4 Å². The highest BCUT2D eigenvalue weighted by Gasteiger charge is 2.67. The van der Waals surface area contributed by atoms with Gasteiger partial charge in [0.1, 0.15) is 5.92 Å². The number of nitrogens with one attached hydrogen (secondary N) is 1. The number of ether oxygens (including phenoxy) is 3. The van der Waals surface area contributed by atoms with Gasteiger partial charge in [-0.2, -0.15) is 0 Å². The maximum Gasteiger partial charge on any atom is 0.344 e. The second-order valence-corrected chi connectivity index (χ2v) is 5.88. The van der Waals surface area contributed by atoms with Gasteiger partial charge >= 0.3 is 17.9 Å². The van der Waals surface area contributed by atoms with Gasteiger partial charge in [-0.25, -0.2) is 9.59 Å². The van der Waals surface area contributed by atoms with E-state index in [0.717, 1.165) is 0 Å². The molecule has 0 aromatic heterocycles. The number of hydrogen-bond acceptors (Lipinski definition) is 7. The quantitative estimate of drug-likeness (QED) is 0.389. The van der Waals surface area contributed by atoms with Crippen LogP contribution in [0.15, 0.2) is 0 Å². The average molecular weight is 357 g/mol. The molecule has 142 valence electrons. The van der Waals surface area contributed by atoms with Crippen LogP contribution < -0.4 is 5.32 Å². The van der Waals surface area contributed by atoms with Crippen molar-refractivity contribution in [1.82, 2.24) is 5.32 Å². The molecule has 8 nitrogen and oxygen atoms in total. The summed E-state index contributed by atoms with van der Waals surface area (Å²) in [6, 6.07) is 0. The molecule has 0 unspecified atom stereocenters. The van der Waals surface area contributed by atoms with Crippen LogP contribution in [0.3, 0.4) is 0 Å². The molecule has 3 atom stereocenters. The summed E-state index contributed by atoms with van der Waals surface area (Å²) >= 11 is 0. The first-order valence-corrected chi connectivity index (χ1v) is 8.64. The highest BCUT2D eigenvalue weighted by molar-refractivity contribution is 6.15. The van der Waals surface area contributed by atoms with Gasteiger partial charge in [-0.05, 0) is 26.7 Å². The fourth-order valence-corrected chi connectivity index (χ4v) is 3.21. The number of hydrogen-bond donors (Lipinski definition) is 1. The molecule has 1 aliphatic heterocycles. The number of esters is 3. The fourth-order valence-electron chi connectivity index (χ4n) is 3.21. The van der Waals surface area contributed by atoms with E-state index in [1.54, 1.807) is 27.7 Å². The summed E-state index contributed by atoms with van der Waals surface area (Å²) in [6.07, 6.45) is 0.538. The van der Waals surface area contributed by atoms with Gasteiger partial charge in [-0.3, -0.25) is 9.59 Å². The third kappa shape index (κ3) is 3.77.